The van der Waals surface area contributed by atoms with Crippen molar-refractivity contribution in [2.24, 2.45) is 10.8 Å². The van der Waals surface area contributed by atoms with Gasteiger partial charge in [0.2, 0.25) is 0 Å². The Morgan fingerprint density at radius 1 is 0.758 bits per heavy atom. The molecule has 0 saturated heterocycles. The van der Waals surface area contributed by atoms with Crippen LogP contribution in [0.2, 0.25) is 0 Å². The summed E-state index contributed by atoms with van der Waals surface area (Å²) in [6, 6.07) is 5.93. The second-order valence-electron chi connectivity index (χ2n) is 13.8. The van der Waals surface area contributed by atoms with Crippen LogP contribution >= 0.6 is 0 Å². The Kier molecular flexibility index (Phi) is 7.96. The number of phenols is 1. The molecule has 0 radical (unpaired) electrons. The molecule has 0 atom stereocenters. The smallest absolute Gasteiger partial charge is 0.119 e. The van der Waals surface area contributed by atoms with E-state index >= 15 is 0 Å². The first-order valence-electron chi connectivity index (χ1n) is 13.3. The fourth-order valence-corrected chi connectivity index (χ4v) is 5.84. The van der Waals surface area contributed by atoms with E-state index in [9.17, 15) is 5.11 Å². The predicted octanol–water partition coefficient (Wildman–Crippen LogP) is 8.01. The number of benzene rings is 1. The van der Waals surface area contributed by atoms with E-state index in [1.54, 1.807) is 0 Å². The van der Waals surface area contributed by atoms with Crippen molar-refractivity contribution in [2.45, 2.75) is 143 Å². The molecule has 0 bridgehead atoms. The van der Waals surface area contributed by atoms with Crippen molar-refractivity contribution in [2.75, 3.05) is 0 Å². The Bertz CT molecular complexity index is 770. The second kappa shape index (κ2) is 9.90. The zero-order chi connectivity index (χ0) is 24.5. The summed E-state index contributed by atoms with van der Waals surface area (Å²) < 4.78 is 13.2. The van der Waals surface area contributed by atoms with E-state index in [4.69, 9.17) is 9.47 Å². The average molecular weight is 459 g/mol. The van der Waals surface area contributed by atoms with Crippen LogP contribution in [0.5, 0.6) is 5.75 Å². The van der Waals surface area contributed by atoms with Gasteiger partial charge in [0, 0.05) is 12.8 Å². The predicted molar refractivity (Wildman–Crippen MR) is 138 cm³/mol. The van der Waals surface area contributed by atoms with Crippen LogP contribution in [0.25, 0.3) is 0 Å². The van der Waals surface area contributed by atoms with Gasteiger partial charge in [-0.3, -0.25) is 0 Å². The van der Waals surface area contributed by atoms with Gasteiger partial charge in [0.1, 0.15) is 5.75 Å². The van der Waals surface area contributed by atoms with Crippen LogP contribution in [-0.2, 0) is 22.3 Å². The Labute approximate surface area is 203 Å². The van der Waals surface area contributed by atoms with E-state index in [0.29, 0.717) is 35.2 Å². The van der Waals surface area contributed by atoms with Crippen LogP contribution < -0.4 is 0 Å². The Morgan fingerprint density at radius 2 is 1.18 bits per heavy atom. The first-order valence-corrected chi connectivity index (χ1v) is 13.3. The van der Waals surface area contributed by atoms with Gasteiger partial charge in [-0.05, 0) is 107 Å². The van der Waals surface area contributed by atoms with Crippen molar-refractivity contribution in [3.8, 4) is 5.75 Å². The minimum absolute atomic E-state index is 0.269. The molecule has 0 amide bonds. The number of hydrogen-bond acceptors (Lipinski definition) is 3. The summed E-state index contributed by atoms with van der Waals surface area (Å²) in [7, 11) is 0. The van der Waals surface area contributed by atoms with Gasteiger partial charge in [0.25, 0.3) is 0 Å². The maximum absolute atomic E-state index is 10.8. The summed E-state index contributed by atoms with van der Waals surface area (Å²) in [6.07, 6.45) is 11.6. The molecule has 1 aromatic carbocycles. The van der Waals surface area contributed by atoms with Gasteiger partial charge in [-0.25, -0.2) is 0 Å². The van der Waals surface area contributed by atoms with Crippen LogP contribution in [0.3, 0.4) is 0 Å². The highest BCUT2D eigenvalue weighted by atomic mass is 16.5. The lowest BCUT2D eigenvalue weighted by molar-refractivity contribution is -0.0969. The Morgan fingerprint density at radius 3 is 1.64 bits per heavy atom. The van der Waals surface area contributed by atoms with Gasteiger partial charge < -0.3 is 14.6 Å². The third-order valence-corrected chi connectivity index (χ3v) is 8.01. The minimum atomic E-state index is -0.320. The van der Waals surface area contributed by atoms with Crippen LogP contribution in [0.15, 0.2) is 18.2 Å². The molecule has 2 saturated carbocycles. The fraction of sp³-hybridized carbons (Fsp3) is 0.800. The molecule has 1 N–H and O–H groups in total. The van der Waals surface area contributed by atoms with Crippen molar-refractivity contribution in [3.63, 3.8) is 0 Å². The molecule has 2 aliphatic carbocycles. The third kappa shape index (κ3) is 7.99. The maximum Gasteiger partial charge on any atom is 0.119 e. The van der Waals surface area contributed by atoms with Crippen molar-refractivity contribution in [1.29, 1.82) is 0 Å². The van der Waals surface area contributed by atoms with Gasteiger partial charge in [-0.15, -0.1) is 0 Å². The van der Waals surface area contributed by atoms with Crippen LogP contribution in [0.4, 0.5) is 0 Å². The lowest BCUT2D eigenvalue weighted by atomic mass is 9.76. The topological polar surface area (TPSA) is 38.7 Å². The van der Waals surface area contributed by atoms with E-state index in [-0.39, 0.29) is 11.2 Å². The zero-order valence-electron chi connectivity index (χ0n) is 22.7. The molecule has 3 rings (SSSR count). The van der Waals surface area contributed by atoms with E-state index in [1.165, 1.54) is 31.2 Å². The van der Waals surface area contributed by atoms with Crippen molar-refractivity contribution in [1.82, 2.24) is 0 Å². The van der Waals surface area contributed by atoms with Crippen molar-refractivity contribution >= 4 is 0 Å². The van der Waals surface area contributed by atoms with Gasteiger partial charge in [-0.2, -0.15) is 0 Å². The third-order valence-electron chi connectivity index (χ3n) is 8.01. The van der Waals surface area contributed by atoms with Crippen LogP contribution in [-0.4, -0.2) is 28.5 Å². The molecule has 1 aromatic rings. The van der Waals surface area contributed by atoms with Gasteiger partial charge in [0.05, 0.1) is 23.4 Å². The quantitative estimate of drug-likeness (QED) is 0.429. The summed E-state index contributed by atoms with van der Waals surface area (Å²) in [5, 5.41) is 10.8. The van der Waals surface area contributed by atoms with E-state index < -0.39 is 0 Å². The zero-order valence-corrected chi connectivity index (χ0v) is 22.7. The normalized spacial score (nSPS) is 22.4. The molecule has 0 spiro atoms. The van der Waals surface area contributed by atoms with Crippen LogP contribution in [0.1, 0.15) is 118 Å². The Balaban J connectivity index is 1.65. The van der Waals surface area contributed by atoms with E-state index in [2.05, 4.69) is 61.5 Å². The molecule has 0 unspecified atom stereocenters. The number of aromatic hydroxyl groups is 1. The van der Waals surface area contributed by atoms with E-state index in [0.717, 1.165) is 37.7 Å². The molecule has 33 heavy (non-hydrogen) atoms. The fourth-order valence-electron chi connectivity index (χ4n) is 5.84. The first-order chi connectivity index (χ1) is 15.2. The summed E-state index contributed by atoms with van der Waals surface area (Å²) in [5.74, 6) is 0.379. The highest BCUT2D eigenvalue weighted by molar-refractivity contribution is 5.41. The van der Waals surface area contributed by atoms with Crippen molar-refractivity contribution in [3.05, 3.63) is 29.3 Å². The molecule has 0 heterocycles. The SMILES string of the molecule is CC1(C)CCC(OC(C)(C)Cc2cccc(O)c2CC(C)(C)OC2CCC(C)(C)CC2)CC1. The molecule has 2 fully saturated rings. The lowest BCUT2D eigenvalue weighted by Crippen LogP contribution is -2.38. The molecule has 3 nitrogen and oxygen atoms in total. The summed E-state index contributed by atoms with van der Waals surface area (Å²) in [5.41, 5.74) is 2.49. The first kappa shape index (κ1) is 26.5. The average Bonchev–Trinajstić information content (AvgIpc) is 2.67. The largest absolute Gasteiger partial charge is 0.508 e. The monoisotopic (exact) mass is 458 g/mol. The Hall–Kier alpha value is -1.06. The molecule has 188 valence electrons. The van der Waals surface area contributed by atoms with Crippen LogP contribution in [0, 0.1) is 10.8 Å². The summed E-state index contributed by atoms with van der Waals surface area (Å²) in [6.45, 7) is 18.2. The molecular weight excluding hydrogens is 408 g/mol. The number of hydrogen-bond donors (Lipinski definition) is 1. The lowest BCUT2D eigenvalue weighted by Gasteiger charge is -2.39. The molecule has 2 aliphatic rings. The van der Waals surface area contributed by atoms with Crippen molar-refractivity contribution < 1.29 is 14.6 Å². The van der Waals surface area contributed by atoms with Gasteiger partial charge >= 0.3 is 0 Å². The highest BCUT2D eigenvalue weighted by Gasteiger charge is 2.34. The van der Waals surface area contributed by atoms with E-state index in [1.807, 2.05) is 12.1 Å². The summed E-state index contributed by atoms with van der Waals surface area (Å²) >= 11 is 0. The van der Waals surface area contributed by atoms with Gasteiger partial charge in [0.15, 0.2) is 0 Å². The minimum Gasteiger partial charge on any atom is -0.508 e. The number of ether oxygens (including phenoxy) is 2. The molecule has 0 aromatic heterocycles. The number of phenolic OH excluding ortho intramolecular Hbond substituents is 1. The highest BCUT2D eigenvalue weighted by Crippen LogP contribution is 2.40. The molecule has 0 aliphatic heterocycles. The molecular formula is C30H50O3. The summed E-state index contributed by atoms with van der Waals surface area (Å²) in [4.78, 5) is 0. The number of rotatable bonds is 8. The van der Waals surface area contributed by atoms with Gasteiger partial charge in [-0.1, -0.05) is 39.8 Å². The molecule has 3 heteroatoms. The standard InChI is InChI=1S/C30H50O3/c1-27(2)16-12-23(13-17-27)32-29(5,6)20-22-10-9-11-26(31)25(22)21-30(7,8)33-24-14-18-28(3,4)19-15-24/h9-11,23-24,31H,12-21H2,1-8H3. The maximum atomic E-state index is 10.8. The second-order valence-corrected chi connectivity index (χ2v) is 13.8.